The number of carbonyl (C=O) groups excluding carboxylic acids is 1. The summed E-state index contributed by atoms with van der Waals surface area (Å²) in [6.07, 6.45) is 1.30. The number of rotatable bonds is 4. The molecule has 134 valence electrons. The molecule has 1 saturated heterocycles. The summed E-state index contributed by atoms with van der Waals surface area (Å²) in [5, 5.41) is 4.92. The molecule has 0 spiro atoms. The summed E-state index contributed by atoms with van der Waals surface area (Å²) >= 11 is 1.32. The lowest BCUT2D eigenvalue weighted by Crippen LogP contribution is -2.48. The fraction of sp³-hybridized carbons (Fsp3) is 0.375. The average Bonchev–Trinajstić information content (AvgIpc) is 3.07. The summed E-state index contributed by atoms with van der Waals surface area (Å²) in [6.45, 7) is 4.34. The van der Waals surface area contributed by atoms with Gasteiger partial charge in [0.1, 0.15) is 0 Å². The summed E-state index contributed by atoms with van der Waals surface area (Å²) in [6, 6.07) is 5.92. The van der Waals surface area contributed by atoms with E-state index in [-0.39, 0.29) is 23.0 Å². The van der Waals surface area contributed by atoms with Crippen LogP contribution >= 0.6 is 11.3 Å². The van der Waals surface area contributed by atoms with Crippen molar-refractivity contribution in [1.29, 1.82) is 0 Å². The third-order valence-corrected chi connectivity index (χ3v) is 6.33. The lowest BCUT2D eigenvalue weighted by molar-refractivity contribution is -0.0440. The summed E-state index contributed by atoms with van der Waals surface area (Å²) in [5.74, 6) is -0.326. The molecule has 0 bridgehead atoms. The van der Waals surface area contributed by atoms with E-state index in [1.165, 1.54) is 39.9 Å². The number of aromatic nitrogens is 1. The topological polar surface area (TPSA) is 88.6 Å². The van der Waals surface area contributed by atoms with E-state index in [1.807, 2.05) is 13.8 Å². The molecule has 0 aliphatic carbocycles. The van der Waals surface area contributed by atoms with Gasteiger partial charge in [-0.15, -0.1) is 11.3 Å². The third kappa shape index (κ3) is 4.06. The van der Waals surface area contributed by atoms with E-state index in [1.54, 1.807) is 11.6 Å². The highest BCUT2D eigenvalue weighted by Gasteiger charge is 2.32. The first-order valence-corrected chi connectivity index (χ1v) is 10.1. The minimum absolute atomic E-state index is 0.151. The number of hydrogen-bond donors (Lipinski definition) is 1. The van der Waals surface area contributed by atoms with Gasteiger partial charge in [0.05, 0.1) is 17.1 Å². The number of sulfonamides is 1. The zero-order valence-corrected chi connectivity index (χ0v) is 15.5. The number of amides is 1. The molecule has 1 N–H and O–H groups in total. The lowest BCUT2D eigenvalue weighted by atomic mass is 10.2. The Kier molecular flexibility index (Phi) is 5.19. The van der Waals surface area contributed by atoms with Gasteiger partial charge in [0.2, 0.25) is 10.0 Å². The van der Waals surface area contributed by atoms with E-state index in [0.717, 1.165) is 0 Å². The molecule has 3 rings (SSSR count). The molecule has 0 radical (unpaired) electrons. The third-order valence-electron chi connectivity index (χ3n) is 3.79. The van der Waals surface area contributed by atoms with Gasteiger partial charge in [-0.3, -0.25) is 10.1 Å². The number of carbonyl (C=O) groups is 1. The van der Waals surface area contributed by atoms with Crippen LogP contribution in [0.25, 0.3) is 0 Å². The molecular formula is C16H19N3O4S2. The molecule has 7 nitrogen and oxygen atoms in total. The number of thiazole rings is 1. The van der Waals surface area contributed by atoms with Gasteiger partial charge in [0.15, 0.2) is 5.13 Å². The standard InChI is InChI=1S/C16H19N3O4S2/c1-11-9-19(10-12(2)23-11)25(21,22)14-5-3-13(4-6-14)15(20)18-16-17-7-8-24-16/h3-8,11-12H,9-10H2,1-2H3,(H,17,18,20)/t11-,12-/m1/s1. The Labute approximate surface area is 150 Å². The molecule has 1 aromatic heterocycles. The SMILES string of the molecule is C[C@@H]1CN(S(=O)(=O)c2ccc(C(=O)Nc3nccs3)cc2)C[C@@H](C)O1. The van der Waals surface area contributed by atoms with E-state index >= 15 is 0 Å². The summed E-state index contributed by atoms with van der Waals surface area (Å²) < 4.78 is 32.6. The first-order valence-electron chi connectivity index (χ1n) is 7.83. The molecule has 0 unspecified atom stereocenters. The van der Waals surface area contributed by atoms with Gasteiger partial charge in [-0.05, 0) is 38.1 Å². The van der Waals surface area contributed by atoms with Crippen molar-refractivity contribution in [1.82, 2.24) is 9.29 Å². The van der Waals surface area contributed by atoms with Crippen LogP contribution in [0.15, 0.2) is 40.7 Å². The smallest absolute Gasteiger partial charge is 0.257 e. The second kappa shape index (κ2) is 7.20. The van der Waals surface area contributed by atoms with Gasteiger partial charge < -0.3 is 4.74 Å². The number of hydrogen-bond acceptors (Lipinski definition) is 6. The molecule has 1 amide bonds. The van der Waals surface area contributed by atoms with Crippen molar-refractivity contribution >= 4 is 32.4 Å². The van der Waals surface area contributed by atoms with Crippen molar-refractivity contribution in [3.05, 3.63) is 41.4 Å². The molecule has 25 heavy (non-hydrogen) atoms. The highest BCUT2D eigenvalue weighted by Crippen LogP contribution is 2.22. The van der Waals surface area contributed by atoms with Crippen molar-refractivity contribution in [2.45, 2.75) is 31.0 Å². The van der Waals surface area contributed by atoms with E-state index in [2.05, 4.69) is 10.3 Å². The minimum Gasteiger partial charge on any atom is -0.373 e. The molecular weight excluding hydrogens is 362 g/mol. The van der Waals surface area contributed by atoms with Gasteiger partial charge in [0, 0.05) is 30.2 Å². The minimum atomic E-state index is -3.61. The van der Waals surface area contributed by atoms with E-state index in [9.17, 15) is 13.2 Å². The van der Waals surface area contributed by atoms with Gasteiger partial charge >= 0.3 is 0 Å². The Bertz CT molecular complexity index is 825. The molecule has 2 heterocycles. The molecule has 0 saturated carbocycles. The molecule has 1 aromatic carbocycles. The maximum absolute atomic E-state index is 12.8. The van der Waals surface area contributed by atoms with Crippen LogP contribution < -0.4 is 5.32 Å². The normalized spacial score (nSPS) is 21.8. The molecule has 2 aromatic rings. The maximum atomic E-state index is 12.8. The maximum Gasteiger partial charge on any atom is 0.257 e. The Hall–Kier alpha value is -1.81. The van der Waals surface area contributed by atoms with Crippen LogP contribution in [0.2, 0.25) is 0 Å². The van der Waals surface area contributed by atoms with Crippen LogP contribution in [0, 0.1) is 0 Å². The number of ether oxygens (including phenoxy) is 1. The average molecular weight is 381 g/mol. The fourth-order valence-electron chi connectivity index (χ4n) is 2.71. The largest absolute Gasteiger partial charge is 0.373 e. The number of anilines is 1. The Morgan fingerprint density at radius 2 is 1.88 bits per heavy atom. The van der Waals surface area contributed by atoms with Crippen LogP contribution in [0.4, 0.5) is 5.13 Å². The zero-order chi connectivity index (χ0) is 18.0. The number of nitrogens with zero attached hydrogens (tertiary/aromatic N) is 2. The number of morpholine rings is 1. The van der Waals surface area contributed by atoms with Crippen molar-refractivity contribution in [3.8, 4) is 0 Å². The Morgan fingerprint density at radius 1 is 1.24 bits per heavy atom. The Balaban J connectivity index is 1.76. The van der Waals surface area contributed by atoms with E-state index < -0.39 is 10.0 Å². The van der Waals surface area contributed by atoms with Crippen molar-refractivity contribution < 1.29 is 17.9 Å². The monoisotopic (exact) mass is 381 g/mol. The fourth-order valence-corrected chi connectivity index (χ4v) is 4.82. The highest BCUT2D eigenvalue weighted by atomic mass is 32.2. The van der Waals surface area contributed by atoms with E-state index in [4.69, 9.17) is 4.74 Å². The van der Waals surface area contributed by atoms with Crippen molar-refractivity contribution in [2.75, 3.05) is 18.4 Å². The number of benzene rings is 1. The molecule has 1 fully saturated rings. The number of nitrogens with one attached hydrogen (secondary N) is 1. The van der Waals surface area contributed by atoms with Crippen LogP contribution in [0.1, 0.15) is 24.2 Å². The van der Waals surface area contributed by atoms with Crippen LogP contribution in [-0.4, -0.2) is 48.9 Å². The van der Waals surface area contributed by atoms with Gasteiger partial charge in [-0.2, -0.15) is 4.31 Å². The first-order chi connectivity index (χ1) is 11.9. The predicted octanol–water partition coefficient (Wildman–Crippen LogP) is 2.19. The first kappa shape index (κ1) is 18.0. The second-order valence-corrected chi connectivity index (χ2v) is 8.73. The highest BCUT2D eigenvalue weighted by molar-refractivity contribution is 7.89. The molecule has 1 aliphatic rings. The predicted molar refractivity (Wildman–Crippen MR) is 95.3 cm³/mol. The molecule has 9 heteroatoms. The summed E-state index contributed by atoms with van der Waals surface area (Å²) in [4.78, 5) is 16.3. The molecule has 2 atom stereocenters. The second-order valence-electron chi connectivity index (χ2n) is 5.90. The molecule has 1 aliphatic heterocycles. The van der Waals surface area contributed by atoms with Crippen molar-refractivity contribution in [2.24, 2.45) is 0 Å². The summed E-state index contributed by atoms with van der Waals surface area (Å²) in [7, 11) is -3.61. The Morgan fingerprint density at radius 3 is 2.44 bits per heavy atom. The van der Waals surface area contributed by atoms with Crippen LogP contribution in [0.3, 0.4) is 0 Å². The zero-order valence-electron chi connectivity index (χ0n) is 13.9. The lowest BCUT2D eigenvalue weighted by Gasteiger charge is -2.34. The quantitative estimate of drug-likeness (QED) is 0.877. The van der Waals surface area contributed by atoms with Gasteiger partial charge in [0.25, 0.3) is 5.91 Å². The van der Waals surface area contributed by atoms with Crippen LogP contribution in [-0.2, 0) is 14.8 Å². The van der Waals surface area contributed by atoms with E-state index in [0.29, 0.717) is 23.8 Å². The van der Waals surface area contributed by atoms with Crippen LogP contribution in [0.5, 0.6) is 0 Å². The van der Waals surface area contributed by atoms with Crippen molar-refractivity contribution in [3.63, 3.8) is 0 Å². The summed E-state index contributed by atoms with van der Waals surface area (Å²) in [5.41, 5.74) is 0.373. The van der Waals surface area contributed by atoms with Gasteiger partial charge in [-0.25, -0.2) is 13.4 Å². The van der Waals surface area contributed by atoms with Gasteiger partial charge in [-0.1, -0.05) is 0 Å².